The van der Waals surface area contributed by atoms with Crippen molar-refractivity contribution in [3.8, 4) is 23.0 Å². The van der Waals surface area contributed by atoms with Crippen LogP contribution in [0.4, 0.5) is 5.69 Å². The first-order valence-electron chi connectivity index (χ1n) is 8.98. The lowest BCUT2D eigenvalue weighted by Crippen LogP contribution is -2.21. The van der Waals surface area contributed by atoms with E-state index in [0.29, 0.717) is 11.3 Å². The minimum absolute atomic E-state index is 0.0446. The number of hydrogen-bond donors (Lipinski definition) is 0. The second kappa shape index (κ2) is 8.29. The molecule has 0 saturated carbocycles. The predicted octanol–water partition coefficient (Wildman–Crippen LogP) is 5.95. The summed E-state index contributed by atoms with van der Waals surface area (Å²) in [7, 11) is 0. The van der Waals surface area contributed by atoms with Gasteiger partial charge in [-0.25, -0.2) is 4.42 Å². The molecule has 0 spiro atoms. The number of carbonyl (C=O) groups excluding carboxylic acids is 1. The third kappa shape index (κ3) is 4.79. The fourth-order valence-corrected chi connectivity index (χ4v) is 2.84. The molecule has 0 N–H and O–H groups in total. The molecule has 3 nitrogen and oxygen atoms in total. The Hall–Kier alpha value is -3.09. The molecule has 0 aliphatic rings. The maximum Gasteiger partial charge on any atom is 0.274 e. The number of benzene rings is 2. The first-order chi connectivity index (χ1) is 13.3. The van der Waals surface area contributed by atoms with Crippen molar-refractivity contribution in [1.82, 2.24) is 4.98 Å². The van der Waals surface area contributed by atoms with E-state index in [0.717, 1.165) is 21.1 Å². The minimum Gasteiger partial charge on any atom is -0.267 e. The van der Waals surface area contributed by atoms with Gasteiger partial charge in [0.25, 0.3) is 5.91 Å². The smallest absolute Gasteiger partial charge is 0.267 e. The van der Waals surface area contributed by atoms with Crippen LogP contribution in [-0.2, 0) is 0 Å². The SMILES string of the molecule is CC(C)(C)C#Cc1ccc(-c2ccccc2N(Cl)C(=O)c2cccnc2)cc1. The summed E-state index contributed by atoms with van der Waals surface area (Å²) in [5, 5.41) is 0. The van der Waals surface area contributed by atoms with Gasteiger partial charge in [0, 0.05) is 40.7 Å². The Morgan fingerprint density at radius 1 is 1.00 bits per heavy atom. The Bertz CT molecular complexity index is 1030. The number of amides is 1. The molecule has 140 valence electrons. The summed E-state index contributed by atoms with van der Waals surface area (Å²) < 4.78 is 1.14. The van der Waals surface area contributed by atoms with Crippen molar-refractivity contribution in [3.05, 3.63) is 84.2 Å². The van der Waals surface area contributed by atoms with Crippen LogP contribution in [-0.4, -0.2) is 10.9 Å². The highest BCUT2D eigenvalue weighted by Crippen LogP contribution is 2.33. The maximum absolute atomic E-state index is 12.7. The Morgan fingerprint density at radius 2 is 1.71 bits per heavy atom. The highest BCUT2D eigenvalue weighted by molar-refractivity contribution is 6.40. The Balaban J connectivity index is 1.92. The third-order valence-electron chi connectivity index (χ3n) is 3.98. The average molecular weight is 389 g/mol. The standard InChI is InChI=1S/C24H21ClN2O/c1-24(2,3)15-14-18-10-12-19(13-11-18)21-8-4-5-9-22(21)27(25)23(28)20-7-6-16-26-17-20/h4-13,16-17H,1-3H3. The largest absolute Gasteiger partial charge is 0.274 e. The molecular weight excluding hydrogens is 368 g/mol. The molecule has 28 heavy (non-hydrogen) atoms. The van der Waals surface area contributed by atoms with E-state index in [1.165, 1.54) is 6.20 Å². The van der Waals surface area contributed by atoms with Crippen molar-refractivity contribution in [2.24, 2.45) is 5.41 Å². The summed E-state index contributed by atoms with van der Waals surface area (Å²) in [6, 6.07) is 18.9. The quantitative estimate of drug-likeness (QED) is 0.410. The monoisotopic (exact) mass is 388 g/mol. The van der Waals surface area contributed by atoms with Crippen LogP contribution in [0, 0.1) is 17.3 Å². The molecule has 2 aromatic carbocycles. The lowest BCUT2D eigenvalue weighted by atomic mass is 9.97. The van der Waals surface area contributed by atoms with Gasteiger partial charge in [0.15, 0.2) is 0 Å². The van der Waals surface area contributed by atoms with Crippen LogP contribution in [0.1, 0.15) is 36.7 Å². The van der Waals surface area contributed by atoms with Crippen LogP contribution in [0.3, 0.4) is 0 Å². The first-order valence-corrected chi connectivity index (χ1v) is 9.32. The summed E-state index contributed by atoms with van der Waals surface area (Å²) in [6.07, 6.45) is 3.12. The molecule has 1 aromatic heterocycles. The summed E-state index contributed by atoms with van der Waals surface area (Å²) in [6.45, 7) is 6.25. The van der Waals surface area contributed by atoms with Gasteiger partial charge in [0.05, 0.1) is 11.3 Å². The molecule has 4 heteroatoms. The Labute approximate surface area is 171 Å². The van der Waals surface area contributed by atoms with Gasteiger partial charge < -0.3 is 0 Å². The molecule has 0 fully saturated rings. The van der Waals surface area contributed by atoms with Gasteiger partial charge in [-0.2, -0.15) is 0 Å². The predicted molar refractivity (Wildman–Crippen MR) is 115 cm³/mol. The fourth-order valence-electron chi connectivity index (χ4n) is 2.59. The number of nitrogens with zero attached hydrogens (tertiary/aromatic N) is 2. The van der Waals surface area contributed by atoms with E-state index in [4.69, 9.17) is 11.8 Å². The zero-order chi connectivity index (χ0) is 20.1. The molecule has 0 aliphatic carbocycles. The molecule has 0 saturated heterocycles. The lowest BCUT2D eigenvalue weighted by Gasteiger charge is -2.18. The number of rotatable bonds is 3. The van der Waals surface area contributed by atoms with E-state index < -0.39 is 0 Å². The zero-order valence-corrected chi connectivity index (χ0v) is 16.9. The molecular formula is C24H21ClN2O. The topological polar surface area (TPSA) is 33.2 Å². The summed E-state index contributed by atoms with van der Waals surface area (Å²) in [5.41, 5.74) is 3.78. The van der Waals surface area contributed by atoms with Gasteiger partial charge >= 0.3 is 0 Å². The molecule has 0 atom stereocenters. The van der Waals surface area contributed by atoms with Gasteiger partial charge in [-0.3, -0.25) is 9.78 Å². The summed E-state index contributed by atoms with van der Waals surface area (Å²) in [5.74, 6) is 6.10. The van der Waals surface area contributed by atoms with E-state index in [9.17, 15) is 4.79 Å². The van der Waals surface area contributed by atoms with Gasteiger partial charge in [0.1, 0.15) is 0 Å². The molecule has 0 bridgehead atoms. The normalized spacial score (nSPS) is 10.7. The number of anilines is 1. The molecule has 1 heterocycles. The van der Waals surface area contributed by atoms with Crippen LogP contribution in [0.15, 0.2) is 73.1 Å². The van der Waals surface area contributed by atoms with E-state index >= 15 is 0 Å². The highest BCUT2D eigenvalue weighted by Gasteiger charge is 2.19. The molecule has 3 aromatic rings. The van der Waals surface area contributed by atoms with Crippen LogP contribution in [0.25, 0.3) is 11.1 Å². The van der Waals surface area contributed by atoms with E-state index in [-0.39, 0.29) is 11.3 Å². The van der Waals surface area contributed by atoms with Crippen molar-refractivity contribution in [3.63, 3.8) is 0 Å². The maximum atomic E-state index is 12.7. The number of para-hydroxylation sites is 1. The minimum atomic E-state index is -0.324. The number of aromatic nitrogens is 1. The number of carbonyl (C=O) groups is 1. The molecule has 1 amide bonds. The lowest BCUT2D eigenvalue weighted by molar-refractivity contribution is 0.101. The van der Waals surface area contributed by atoms with Crippen molar-refractivity contribution in [2.75, 3.05) is 4.42 Å². The number of pyridine rings is 1. The summed E-state index contributed by atoms with van der Waals surface area (Å²) in [4.78, 5) is 16.7. The average Bonchev–Trinajstić information content (AvgIpc) is 2.72. The van der Waals surface area contributed by atoms with E-state index in [1.807, 2.05) is 48.5 Å². The highest BCUT2D eigenvalue weighted by atomic mass is 35.5. The van der Waals surface area contributed by atoms with Crippen LogP contribution in [0.5, 0.6) is 0 Å². The van der Waals surface area contributed by atoms with E-state index in [2.05, 4.69) is 37.6 Å². The van der Waals surface area contributed by atoms with Crippen LogP contribution < -0.4 is 4.42 Å². The molecule has 0 aliphatic heterocycles. The van der Waals surface area contributed by atoms with Crippen molar-refractivity contribution < 1.29 is 4.79 Å². The Kier molecular flexibility index (Phi) is 5.82. The molecule has 0 radical (unpaired) electrons. The zero-order valence-electron chi connectivity index (χ0n) is 16.1. The van der Waals surface area contributed by atoms with Crippen molar-refractivity contribution in [2.45, 2.75) is 20.8 Å². The Morgan fingerprint density at radius 3 is 2.36 bits per heavy atom. The van der Waals surface area contributed by atoms with Gasteiger partial charge in [-0.15, -0.1) is 0 Å². The number of halogens is 1. The first kappa shape index (κ1) is 19.7. The third-order valence-corrected chi connectivity index (χ3v) is 4.32. The van der Waals surface area contributed by atoms with E-state index in [1.54, 1.807) is 18.3 Å². The van der Waals surface area contributed by atoms with Crippen LogP contribution in [0.2, 0.25) is 0 Å². The second-order valence-corrected chi connectivity index (χ2v) is 7.76. The second-order valence-electron chi connectivity index (χ2n) is 7.42. The van der Waals surface area contributed by atoms with Crippen molar-refractivity contribution in [1.29, 1.82) is 0 Å². The van der Waals surface area contributed by atoms with Gasteiger partial charge in [-0.1, -0.05) is 42.2 Å². The van der Waals surface area contributed by atoms with Crippen LogP contribution >= 0.6 is 11.8 Å². The van der Waals surface area contributed by atoms with Crippen molar-refractivity contribution >= 4 is 23.4 Å². The molecule has 0 unspecified atom stereocenters. The van der Waals surface area contributed by atoms with Gasteiger partial charge in [-0.05, 0) is 56.7 Å². The number of hydrogen-bond acceptors (Lipinski definition) is 2. The summed E-state index contributed by atoms with van der Waals surface area (Å²) >= 11 is 6.41. The molecule has 3 rings (SSSR count). The fraction of sp³-hybridized carbons (Fsp3) is 0.167. The van der Waals surface area contributed by atoms with Gasteiger partial charge in [0.2, 0.25) is 0 Å².